The summed E-state index contributed by atoms with van der Waals surface area (Å²) in [5, 5.41) is 11.4. The molecule has 2 bridgehead atoms. The highest BCUT2D eigenvalue weighted by atomic mass is 16.5. The van der Waals surface area contributed by atoms with E-state index in [-0.39, 0.29) is 11.9 Å². The SMILES string of the molecule is C[NH+]1CCC(N2C[C@@]34C=C[C@H](O3)[C@@H](C(=O)[O-])[C@H]4C2=O)CC1. The summed E-state index contributed by atoms with van der Waals surface area (Å²) in [6, 6.07) is 0.222. The van der Waals surface area contributed by atoms with Gasteiger partial charge >= 0.3 is 0 Å². The quantitative estimate of drug-likeness (QED) is 0.558. The van der Waals surface area contributed by atoms with E-state index in [4.69, 9.17) is 4.74 Å². The van der Waals surface area contributed by atoms with E-state index in [0.717, 1.165) is 25.9 Å². The van der Waals surface area contributed by atoms with Crippen molar-refractivity contribution >= 4 is 11.9 Å². The lowest BCUT2D eigenvalue weighted by atomic mass is 9.77. The number of nitrogens with one attached hydrogen (secondary N) is 1. The maximum Gasteiger partial charge on any atom is 0.230 e. The lowest BCUT2D eigenvalue weighted by molar-refractivity contribution is -0.885. The number of rotatable bonds is 2. The summed E-state index contributed by atoms with van der Waals surface area (Å²) < 4.78 is 5.87. The number of fused-ring (bicyclic) bond motifs is 1. The molecule has 4 rings (SSSR count). The van der Waals surface area contributed by atoms with Crippen molar-refractivity contribution < 1.29 is 24.3 Å². The van der Waals surface area contributed by atoms with Crippen LogP contribution in [-0.4, -0.2) is 61.2 Å². The molecule has 114 valence electrons. The highest BCUT2D eigenvalue weighted by molar-refractivity contribution is 5.90. The second kappa shape index (κ2) is 4.30. The van der Waals surface area contributed by atoms with Crippen molar-refractivity contribution in [2.75, 3.05) is 26.7 Å². The van der Waals surface area contributed by atoms with Crippen LogP contribution in [-0.2, 0) is 14.3 Å². The Morgan fingerprint density at radius 1 is 1.48 bits per heavy atom. The van der Waals surface area contributed by atoms with Crippen LogP contribution in [0.25, 0.3) is 0 Å². The first-order valence-corrected chi connectivity index (χ1v) is 7.72. The Kier molecular flexibility index (Phi) is 2.72. The highest BCUT2D eigenvalue weighted by Gasteiger charge is 2.66. The zero-order valence-corrected chi connectivity index (χ0v) is 12.1. The minimum Gasteiger partial charge on any atom is -0.550 e. The number of carboxylic acid groups (broad SMARTS) is 1. The second-order valence-corrected chi connectivity index (χ2v) is 6.87. The number of carbonyl (C=O) groups is 2. The Hall–Kier alpha value is -1.40. The third-order valence-corrected chi connectivity index (χ3v) is 5.65. The predicted octanol–water partition coefficient (Wildman–Crippen LogP) is -2.80. The van der Waals surface area contributed by atoms with E-state index in [9.17, 15) is 14.7 Å². The summed E-state index contributed by atoms with van der Waals surface area (Å²) in [6.07, 6.45) is 5.15. The lowest BCUT2D eigenvalue weighted by Crippen LogP contribution is -3.10. The van der Waals surface area contributed by atoms with Gasteiger partial charge in [0, 0.05) is 30.8 Å². The molecule has 0 unspecified atom stereocenters. The maximum absolute atomic E-state index is 12.8. The van der Waals surface area contributed by atoms with Gasteiger partial charge in [0.2, 0.25) is 5.91 Å². The van der Waals surface area contributed by atoms with Crippen molar-refractivity contribution in [3.8, 4) is 0 Å². The average molecular weight is 292 g/mol. The number of hydrogen-bond donors (Lipinski definition) is 1. The third kappa shape index (κ3) is 1.72. The van der Waals surface area contributed by atoms with Gasteiger partial charge in [-0.2, -0.15) is 0 Å². The summed E-state index contributed by atoms with van der Waals surface area (Å²) >= 11 is 0. The van der Waals surface area contributed by atoms with Gasteiger partial charge in [0.1, 0.15) is 5.60 Å². The van der Waals surface area contributed by atoms with E-state index >= 15 is 0 Å². The molecule has 3 saturated heterocycles. The molecule has 0 aromatic heterocycles. The first kappa shape index (κ1) is 13.3. The predicted molar refractivity (Wildman–Crippen MR) is 70.1 cm³/mol. The van der Waals surface area contributed by atoms with Crippen LogP contribution in [0.15, 0.2) is 12.2 Å². The number of piperidine rings is 1. The molecule has 0 aliphatic carbocycles. The van der Waals surface area contributed by atoms with Gasteiger partial charge < -0.3 is 24.4 Å². The van der Waals surface area contributed by atoms with Crippen LogP contribution in [0.4, 0.5) is 0 Å². The van der Waals surface area contributed by atoms with Crippen molar-refractivity contribution in [3.05, 3.63) is 12.2 Å². The molecule has 0 saturated carbocycles. The number of aliphatic carboxylic acids is 1. The highest BCUT2D eigenvalue weighted by Crippen LogP contribution is 2.52. The van der Waals surface area contributed by atoms with E-state index in [1.165, 1.54) is 4.90 Å². The van der Waals surface area contributed by atoms with Crippen molar-refractivity contribution in [1.82, 2.24) is 4.90 Å². The maximum atomic E-state index is 12.8. The largest absolute Gasteiger partial charge is 0.550 e. The van der Waals surface area contributed by atoms with Gasteiger partial charge in [0.25, 0.3) is 0 Å². The van der Waals surface area contributed by atoms with Gasteiger partial charge in [-0.15, -0.1) is 0 Å². The van der Waals surface area contributed by atoms with Crippen molar-refractivity contribution in [2.45, 2.75) is 30.6 Å². The Morgan fingerprint density at radius 2 is 2.19 bits per heavy atom. The summed E-state index contributed by atoms with van der Waals surface area (Å²) in [7, 11) is 2.16. The van der Waals surface area contributed by atoms with Gasteiger partial charge in [0.15, 0.2) is 0 Å². The van der Waals surface area contributed by atoms with E-state index in [2.05, 4.69) is 7.05 Å². The molecule has 4 atom stereocenters. The molecule has 21 heavy (non-hydrogen) atoms. The monoisotopic (exact) mass is 292 g/mol. The molecule has 0 aromatic carbocycles. The molecule has 6 heteroatoms. The molecule has 3 fully saturated rings. The number of amides is 1. The Bertz CT molecular complexity index is 526. The van der Waals surface area contributed by atoms with Crippen molar-refractivity contribution in [2.24, 2.45) is 11.8 Å². The molecule has 1 amide bonds. The van der Waals surface area contributed by atoms with Gasteiger partial charge in [-0.3, -0.25) is 4.79 Å². The van der Waals surface area contributed by atoms with Crippen LogP contribution in [0.3, 0.4) is 0 Å². The smallest absolute Gasteiger partial charge is 0.230 e. The van der Waals surface area contributed by atoms with Crippen LogP contribution in [0.1, 0.15) is 12.8 Å². The normalized spacial score (nSPS) is 48.0. The standard InChI is InChI=1S/C15H20N2O4/c1-16-6-3-9(4-7-16)17-8-15-5-2-10(21-15)11(14(19)20)12(15)13(17)18/h2,5,9-12H,3-4,6-8H2,1H3,(H,19,20)/t10-,11+,12-,15+/m0/s1. The van der Waals surface area contributed by atoms with E-state index in [0.29, 0.717) is 6.54 Å². The molecular formula is C15H20N2O4. The molecule has 1 N–H and O–H groups in total. The fourth-order valence-corrected chi connectivity index (χ4v) is 4.51. The zero-order chi connectivity index (χ0) is 14.8. The minimum atomic E-state index is -1.17. The second-order valence-electron chi connectivity index (χ2n) is 6.87. The molecule has 6 nitrogen and oxygen atoms in total. The molecule has 0 aromatic rings. The summed E-state index contributed by atoms with van der Waals surface area (Å²) in [6.45, 7) is 2.60. The summed E-state index contributed by atoms with van der Waals surface area (Å²) in [4.78, 5) is 27.5. The van der Waals surface area contributed by atoms with Crippen molar-refractivity contribution in [1.29, 1.82) is 0 Å². The van der Waals surface area contributed by atoms with Crippen LogP contribution >= 0.6 is 0 Å². The summed E-state index contributed by atoms with van der Waals surface area (Å²) in [5.41, 5.74) is -0.720. The Morgan fingerprint density at radius 3 is 2.86 bits per heavy atom. The molecular weight excluding hydrogens is 272 g/mol. The first-order chi connectivity index (χ1) is 10.0. The number of likely N-dealkylation sites (tertiary alicyclic amines) is 2. The van der Waals surface area contributed by atoms with Crippen molar-refractivity contribution in [3.63, 3.8) is 0 Å². The number of quaternary nitrogens is 1. The number of nitrogens with zero attached hydrogens (tertiary/aromatic N) is 1. The zero-order valence-electron chi connectivity index (χ0n) is 12.1. The van der Waals surface area contributed by atoms with Gasteiger partial charge in [-0.1, -0.05) is 12.2 Å². The number of hydrogen-bond acceptors (Lipinski definition) is 4. The van der Waals surface area contributed by atoms with Crippen LogP contribution in [0.5, 0.6) is 0 Å². The minimum absolute atomic E-state index is 0.0550. The number of carbonyl (C=O) groups excluding carboxylic acids is 2. The Labute approximate surface area is 123 Å². The molecule has 1 spiro atoms. The lowest BCUT2D eigenvalue weighted by Gasteiger charge is -2.34. The van der Waals surface area contributed by atoms with Gasteiger partial charge in [-0.25, -0.2) is 0 Å². The van der Waals surface area contributed by atoms with E-state index < -0.39 is 29.5 Å². The van der Waals surface area contributed by atoms with Gasteiger partial charge in [-0.05, 0) is 0 Å². The third-order valence-electron chi connectivity index (χ3n) is 5.65. The molecule has 4 aliphatic heterocycles. The summed E-state index contributed by atoms with van der Waals surface area (Å²) in [5.74, 6) is -2.64. The fraction of sp³-hybridized carbons (Fsp3) is 0.733. The first-order valence-electron chi connectivity index (χ1n) is 7.72. The molecule has 4 heterocycles. The van der Waals surface area contributed by atoms with Crippen LogP contribution in [0, 0.1) is 11.8 Å². The number of ether oxygens (including phenoxy) is 1. The average Bonchev–Trinajstić information content (AvgIpc) is 3.08. The van der Waals surface area contributed by atoms with Crippen LogP contribution in [0.2, 0.25) is 0 Å². The van der Waals surface area contributed by atoms with E-state index in [1.54, 1.807) is 6.08 Å². The molecule has 4 aliphatic rings. The fourth-order valence-electron chi connectivity index (χ4n) is 4.51. The van der Waals surface area contributed by atoms with E-state index in [1.807, 2.05) is 11.0 Å². The number of carboxylic acids is 1. The Balaban J connectivity index is 1.60. The molecule has 0 radical (unpaired) electrons. The topological polar surface area (TPSA) is 74.1 Å². The van der Waals surface area contributed by atoms with Gasteiger partial charge in [0.05, 0.1) is 38.7 Å². The van der Waals surface area contributed by atoms with Crippen LogP contribution < -0.4 is 10.0 Å².